The van der Waals surface area contributed by atoms with Crippen molar-refractivity contribution in [2.45, 2.75) is 32.6 Å². The van der Waals surface area contributed by atoms with Gasteiger partial charge < -0.3 is 15.4 Å². The summed E-state index contributed by atoms with van der Waals surface area (Å²) in [6.45, 7) is 3.39. The lowest BCUT2D eigenvalue weighted by Crippen LogP contribution is -2.30. The van der Waals surface area contributed by atoms with Gasteiger partial charge in [-0.3, -0.25) is 4.99 Å². The summed E-state index contributed by atoms with van der Waals surface area (Å²) in [4.78, 5) is 28.6. The van der Waals surface area contributed by atoms with Gasteiger partial charge in [0.1, 0.15) is 5.82 Å². The Morgan fingerprint density at radius 2 is 2.00 bits per heavy atom. The average Bonchev–Trinajstić information content (AvgIpc) is 3.20. The highest BCUT2D eigenvalue weighted by Gasteiger charge is 2.21. The first-order valence-corrected chi connectivity index (χ1v) is 10.6. The van der Waals surface area contributed by atoms with E-state index in [4.69, 9.17) is 4.74 Å². The van der Waals surface area contributed by atoms with Crippen molar-refractivity contribution < 1.29 is 18.7 Å². The number of rotatable bonds is 9. The third-order valence-electron chi connectivity index (χ3n) is 5.19. The number of carbonyl (C=O) groups excluding carboxylic acids is 2. The van der Waals surface area contributed by atoms with E-state index in [1.165, 1.54) is 17.8 Å². The van der Waals surface area contributed by atoms with E-state index < -0.39 is 5.97 Å². The maximum absolute atomic E-state index is 13.1. The van der Waals surface area contributed by atoms with Crippen LogP contribution in [0.4, 0.5) is 14.9 Å². The van der Waals surface area contributed by atoms with Crippen LogP contribution in [0.5, 0.6) is 0 Å². The number of anilines is 1. The van der Waals surface area contributed by atoms with E-state index in [1.807, 2.05) is 12.1 Å². The first-order chi connectivity index (χ1) is 15.0. The third kappa shape index (κ3) is 6.91. The largest absolute Gasteiger partial charge is 0.462 e. The number of esters is 1. The van der Waals surface area contributed by atoms with Gasteiger partial charge in [-0.25, -0.2) is 14.0 Å². The highest BCUT2D eigenvalue weighted by atomic mass is 19.1. The molecular formula is C24H28FN3O3. The summed E-state index contributed by atoms with van der Waals surface area (Å²) < 4.78 is 18.1. The van der Waals surface area contributed by atoms with Crippen molar-refractivity contribution in [2.24, 2.45) is 10.9 Å². The maximum Gasteiger partial charge on any atom is 0.338 e. The zero-order chi connectivity index (χ0) is 22.1. The molecular weight excluding hydrogens is 397 g/mol. The Labute approximate surface area is 181 Å². The lowest BCUT2D eigenvalue weighted by molar-refractivity contribution is 0.0526. The van der Waals surface area contributed by atoms with Gasteiger partial charge in [-0.2, -0.15) is 0 Å². The Hall–Kier alpha value is -3.22. The summed E-state index contributed by atoms with van der Waals surface area (Å²) >= 11 is 0. The first-order valence-electron chi connectivity index (χ1n) is 10.6. The molecule has 1 heterocycles. The second-order valence-electron chi connectivity index (χ2n) is 7.47. The highest BCUT2D eigenvalue weighted by Crippen LogP contribution is 2.22. The molecule has 0 radical (unpaired) electrons. The number of halogens is 1. The maximum atomic E-state index is 13.1. The van der Waals surface area contributed by atoms with Crippen LogP contribution < -0.4 is 10.6 Å². The van der Waals surface area contributed by atoms with Crippen molar-refractivity contribution in [3.63, 3.8) is 0 Å². The second kappa shape index (κ2) is 11.2. The van der Waals surface area contributed by atoms with Crippen LogP contribution in [0.15, 0.2) is 53.5 Å². The number of amides is 2. The number of nitrogens with one attached hydrogen (secondary N) is 2. The van der Waals surface area contributed by atoms with Crippen LogP contribution in [0.25, 0.3) is 0 Å². The predicted octanol–water partition coefficient (Wildman–Crippen LogP) is 4.61. The molecule has 1 unspecified atom stereocenters. The second-order valence-corrected chi connectivity index (χ2v) is 7.47. The summed E-state index contributed by atoms with van der Waals surface area (Å²) in [5.74, 6) is -0.259. The van der Waals surface area contributed by atoms with Crippen molar-refractivity contribution in [1.82, 2.24) is 5.32 Å². The Morgan fingerprint density at radius 1 is 1.19 bits per heavy atom. The molecule has 0 bridgehead atoms. The predicted molar refractivity (Wildman–Crippen MR) is 119 cm³/mol. The van der Waals surface area contributed by atoms with Gasteiger partial charge in [0.2, 0.25) is 0 Å². The summed E-state index contributed by atoms with van der Waals surface area (Å²) in [7, 11) is 0. The minimum atomic E-state index is -0.418. The van der Waals surface area contributed by atoms with Crippen LogP contribution in [0.2, 0.25) is 0 Å². The Kier molecular flexibility index (Phi) is 8.15. The van der Waals surface area contributed by atoms with Gasteiger partial charge in [0.05, 0.1) is 12.2 Å². The topological polar surface area (TPSA) is 79.8 Å². The summed E-state index contributed by atoms with van der Waals surface area (Å²) in [6, 6.07) is 13.0. The SMILES string of the molecule is CCOC(=O)c1cccc(NC(=O)NCCCC2=NCCC2Cc2ccc(F)cc2)c1. The average molecular weight is 426 g/mol. The van der Waals surface area contributed by atoms with Crippen LogP contribution in [0.3, 0.4) is 0 Å². The van der Waals surface area contributed by atoms with Crippen molar-refractivity contribution in [3.8, 4) is 0 Å². The molecule has 1 aliphatic heterocycles. The van der Waals surface area contributed by atoms with E-state index in [-0.39, 0.29) is 11.8 Å². The van der Waals surface area contributed by atoms with Crippen LogP contribution in [0, 0.1) is 11.7 Å². The molecule has 2 amide bonds. The van der Waals surface area contributed by atoms with E-state index in [0.29, 0.717) is 30.3 Å². The van der Waals surface area contributed by atoms with E-state index in [2.05, 4.69) is 15.6 Å². The van der Waals surface area contributed by atoms with Crippen LogP contribution in [0.1, 0.15) is 42.1 Å². The molecule has 6 nitrogen and oxygen atoms in total. The molecule has 2 aromatic carbocycles. The quantitative estimate of drug-likeness (QED) is 0.455. The summed E-state index contributed by atoms with van der Waals surface area (Å²) in [5.41, 5.74) is 3.21. The monoisotopic (exact) mass is 425 g/mol. The number of nitrogens with zero attached hydrogens (tertiary/aromatic N) is 1. The molecule has 0 aliphatic carbocycles. The van der Waals surface area contributed by atoms with Crippen molar-refractivity contribution in [2.75, 3.05) is 25.0 Å². The minimum Gasteiger partial charge on any atom is -0.462 e. The highest BCUT2D eigenvalue weighted by molar-refractivity contribution is 5.94. The van der Waals surface area contributed by atoms with E-state index in [0.717, 1.165) is 37.8 Å². The van der Waals surface area contributed by atoms with Gasteiger partial charge in [0, 0.05) is 30.4 Å². The molecule has 0 saturated heterocycles. The summed E-state index contributed by atoms with van der Waals surface area (Å²) in [5, 5.41) is 5.57. The van der Waals surface area contributed by atoms with E-state index in [9.17, 15) is 14.0 Å². The van der Waals surface area contributed by atoms with Gasteiger partial charge in [-0.05, 0) is 68.5 Å². The molecule has 1 aliphatic rings. The third-order valence-corrected chi connectivity index (χ3v) is 5.19. The number of ether oxygens (including phenoxy) is 1. The molecule has 3 rings (SSSR count). The molecule has 0 aromatic heterocycles. The van der Waals surface area contributed by atoms with Crippen LogP contribution >= 0.6 is 0 Å². The van der Waals surface area contributed by atoms with Crippen LogP contribution in [-0.4, -0.2) is 37.4 Å². The van der Waals surface area contributed by atoms with Crippen molar-refractivity contribution in [1.29, 1.82) is 0 Å². The number of aliphatic imine (C=N–C) groups is 1. The first kappa shape index (κ1) is 22.5. The standard InChI is InChI=1S/C24H28FN3O3/c1-2-31-23(29)19-5-3-6-21(16-19)28-24(30)27-13-4-7-22-18(12-14-26-22)15-17-8-10-20(25)11-9-17/h3,5-6,8-11,16,18H,2,4,7,12-15H2,1H3,(H2,27,28,30). The van der Waals surface area contributed by atoms with E-state index >= 15 is 0 Å². The zero-order valence-electron chi connectivity index (χ0n) is 17.7. The molecule has 0 fully saturated rings. The van der Waals surface area contributed by atoms with Gasteiger partial charge >= 0.3 is 12.0 Å². The number of carbonyl (C=O) groups is 2. The molecule has 31 heavy (non-hydrogen) atoms. The van der Waals surface area contributed by atoms with Crippen LogP contribution in [-0.2, 0) is 11.2 Å². The lowest BCUT2D eigenvalue weighted by atomic mass is 9.91. The fourth-order valence-corrected chi connectivity index (χ4v) is 3.65. The van der Waals surface area contributed by atoms with Gasteiger partial charge in [0.25, 0.3) is 0 Å². The normalized spacial score (nSPS) is 15.3. The van der Waals surface area contributed by atoms with Gasteiger partial charge in [-0.15, -0.1) is 0 Å². The van der Waals surface area contributed by atoms with Gasteiger partial charge in [-0.1, -0.05) is 18.2 Å². The molecule has 1 atom stereocenters. The minimum absolute atomic E-state index is 0.221. The number of hydrogen-bond donors (Lipinski definition) is 2. The number of urea groups is 1. The molecule has 0 saturated carbocycles. The van der Waals surface area contributed by atoms with Gasteiger partial charge in [0.15, 0.2) is 0 Å². The Morgan fingerprint density at radius 3 is 2.77 bits per heavy atom. The molecule has 0 spiro atoms. The smallest absolute Gasteiger partial charge is 0.338 e. The van der Waals surface area contributed by atoms with Crippen molar-refractivity contribution >= 4 is 23.4 Å². The summed E-state index contributed by atoms with van der Waals surface area (Å²) in [6.07, 6.45) is 3.49. The van der Waals surface area contributed by atoms with E-state index in [1.54, 1.807) is 31.2 Å². The molecule has 7 heteroatoms. The molecule has 2 N–H and O–H groups in total. The lowest BCUT2D eigenvalue weighted by Gasteiger charge is -2.14. The van der Waals surface area contributed by atoms with Crippen molar-refractivity contribution in [3.05, 3.63) is 65.5 Å². The number of benzene rings is 2. The zero-order valence-corrected chi connectivity index (χ0v) is 17.7. The molecule has 2 aromatic rings. The Balaban J connectivity index is 1.40. The fourth-order valence-electron chi connectivity index (χ4n) is 3.65. The fraction of sp³-hybridized carbons (Fsp3) is 0.375. The number of hydrogen-bond acceptors (Lipinski definition) is 4. The molecule has 164 valence electrons. The Bertz CT molecular complexity index is 928.